The van der Waals surface area contributed by atoms with Gasteiger partial charge in [-0.15, -0.1) is 0 Å². The Labute approximate surface area is 162 Å². The molecule has 0 spiro atoms. The quantitative estimate of drug-likeness (QED) is 0.364. The van der Waals surface area contributed by atoms with Crippen LogP contribution in [0.3, 0.4) is 0 Å². The fraction of sp³-hybridized carbons (Fsp3) is 0.263. The fourth-order valence-corrected chi connectivity index (χ4v) is 2.29. The molecule has 0 aliphatic heterocycles. The molecule has 1 rings (SSSR count). The molecule has 140 valence electrons. The minimum absolute atomic E-state index is 0.135. The number of methoxy groups -OCH3 is 2. The van der Waals surface area contributed by atoms with E-state index in [1.165, 1.54) is 6.08 Å². The number of benzene rings is 1. The van der Waals surface area contributed by atoms with Crippen LogP contribution < -0.4 is 20.1 Å². The van der Waals surface area contributed by atoms with Gasteiger partial charge in [0.05, 0.1) is 25.1 Å². The maximum Gasteiger partial charge on any atom is 0.253 e. The van der Waals surface area contributed by atoms with Crippen LogP contribution in [0.25, 0.3) is 0 Å². The number of carbonyl (C=O) groups is 2. The lowest BCUT2D eigenvalue weighted by molar-refractivity contribution is -0.117. The molecule has 0 heterocycles. The second kappa shape index (κ2) is 11.1. The molecule has 0 unspecified atom stereocenters. The molecule has 2 amide bonds. The Hall–Kier alpha value is -2.54. The Morgan fingerprint density at radius 3 is 2.54 bits per heavy atom. The van der Waals surface area contributed by atoms with Gasteiger partial charge in [0.2, 0.25) is 5.91 Å². The van der Waals surface area contributed by atoms with E-state index >= 15 is 0 Å². The summed E-state index contributed by atoms with van der Waals surface area (Å²) in [4.78, 5) is 24.2. The lowest BCUT2D eigenvalue weighted by Gasteiger charge is -2.14. The van der Waals surface area contributed by atoms with Crippen LogP contribution in [0.1, 0.15) is 12.5 Å². The Balaban J connectivity index is 2.94. The second-order valence-electron chi connectivity index (χ2n) is 5.06. The van der Waals surface area contributed by atoms with E-state index < -0.39 is 0 Å². The van der Waals surface area contributed by atoms with Gasteiger partial charge in [-0.25, -0.2) is 0 Å². The van der Waals surface area contributed by atoms with E-state index in [1.807, 2.05) is 6.07 Å². The number of alkyl halides is 1. The van der Waals surface area contributed by atoms with Crippen LogP contribution >= 0.6 is 15.9 Å². The molecule has 1 aromatic carbocycles. The lowest BCUT2D eigenvalue weighted by Crippen LogP contribution is -2.31. The molecule has 6 nitrogen and oxygen atoms in total. The molecule has 0 bridgehead atoms. The largest absolute Gasteiger partial charge is 0.497 e. The van der Waals surface area contributed by atoms with Crippen molar-refractivity contribution in [2.45, 2.75) is 13.5 Å². The fourth-order valence-electron chi connectivity index (χ4n) is 2.15. The van der Waals surface area contributed by atoms with Crippen LogP contribution in [0.15, 0.2) is 54.3 Å². The van der Waals surface area contributed by atoms with Crippen LogP contribution in [0, 0.1) is 0 Å². The number of ether oxygens (including phenoxy) is 2. The smallest absolute Gasteiger partial charge is 0.253 e. The van der Waals surface area contributed by atoms with Gasteiger partial charge in [0.1, 0.15) is 11.5 Å². The number of nitrogens with one attached hydrogen (secondary N) is 2. The van der Waals surface area contributed by atoms with Crippen molar-refractivity contribution in [2.75, 3.05) is 19.5 Å². The van der Waals surface area contributed by atoms with Crippen molar-refractivity contribution in [1.29, 1.82) is 0 Å². The molecular weight excluding hydrogens is 400 g/mol. The third-order valence-corrected chi connectivity index (χ3v) is 3.95. The number of hydrogen-bond acceptors (Lipinski definition) is 4. The van der Waals surface area contributed by atoms with Crippen LogP contribution in [0.2, 0.25) is 0 Å². The number of hydrogen-bond donors (Lipinski definition) is 2. The number of rotatable bonds is 9. The molecular formula is C19H23BrN2O4. The lowest BCUT2D eigenvalue weighted by atomic mass is 10.1. The summed E-state index contributed by atoms with van der Waals surface area (Å²) in [6.45, 7) is 5.61. The SMILES string of the molecule is C=C/C=C(C(=O)NCc1ccc(OC)cc1OC)\C(=C/C)NC(=O)CBr. The third kappa shape index (κ3) is 6.07. The second-order valence-corrected chi connectivity index (χ2v) is 5.62. The summed E-state index contributed by atoms with van der Waals surface area (Å²) < 4.78 is 10.5. The van der Waals surface area contributed by atoms with Gasteiger partial charge < -0.3 is 20.1 Å². The van der Waals surface area contributed by atoms with Gasteiger partial charge in [-0.05, 0) is 25.1 Å². The maximum atomic E-state index is 12.6. The Bertz CT molecular complexity index is 726. The standard InChI is InChI=1S/C19H23BrN2O4/c1-5-7-15(16(6-2)22-18(23)11-20)19(24)21-12-13-8-9-14(25-3)10-17(13)26-4/h5-10H,1,11-12H2,2-4H3,(H,21,24)(H,22,23)/b15-7+,16-6+. The predicted molar refractivity (Wildman–Crippen MR) is 105 cm³/mol. The van der Waals surface area contributed by atoms with Crippen molar-refractivity contribution in [1.82, 2.24) is 10.6 Å². The summed E-state index contributed by atoms with van der Waals surface area (Å²) in [5, 5.41) is 5.63. The highest BCUT2D eigenvalue weighted by atomic mass is 79.9. The molecule has 0 fully saturated rings. The van der Waals surface area contributed by atoms with Crippen LogP contribution in [-0.4, -0.2) is 31.4 Å². The van der Waals surface area contributed by atoms with Crippen molar-refractivity contribution in [3.05, 3.63) is 59.8 Å². The Morgan fingerprint density at radius 1 is 1.27 bits per heavy atom. The number of halogens is 1. The van der Waals surface area contributed by atoms with E-state index in [-0.39, 0.29) is 23.7 Å². The minimum atomic E-state index is -0.342. The van der Waals surface area contributed by atoms with Gasteiger partial charge in [0.25, 0.3) is 5.91 Å². The van der Waals surface area contributed by atoms with Gasteiger partial charge >= 0.3 is 0 Å². The zero-order chi connectivity index (χ0) is 19.5. The van der Waals surface area contributed by atoms with Crippen LogP contribution in [0.5, 0.6) is 11.5 Å². The van der Waals surface area contributed by atoms with E-state index in [1.54, 1.807) is 45.4 Å². The van der Waals surface area contributed by atoms with Gasteiger partial charge in [0, 0.05) is 23.9 Å². The molecule has 1 aromatic rings. The highest BCUT2D eigenvalue weighted by Crippen LogP contribution is 2.24. The Kier molecular flexibility index (Phi) is 9.22. The van der Waals surface area contributed by atoms with E-state index in [2.05, 4.69) is 33.1 Å². The van der Waals surface area contributed by atoms with Crippen molar-refractivity contribution in [2.24, 2.45) is 0 Å². The molecule has 0 saturated heterocycles. The minimum Gasteiger partial charge on any atom is -0.497 e. The van der Waals surface area contributed by atoms with Gasteiger partial charge in [-0.1, -0.05) is 34.7 Å². The first-order valence-corrected chi connectivity index (χ1v) is 8.97. The van der Waals surface area contributed by atoms with E-state index in [4.69, 9.17) is 9.47 Å². The summed E-state index contributed by atoms with van der Waals surface area (Å²) in [7, 11) is 3.12. The first kappa shape index (κ1) is 21.5. The number of allylic oxidation sites excluding steroid dienone is 3. The Morgan fingerprint density at radius 2 is 2.00 bits per heavy atom. The molecule has 0 aliphatic rings. The maximum absolute atomic E-state index is 12.6. The predicted octanol–water partition coefficient (Wildman–Crippen LogP) is 2.85. The molecule has 26 heavy (non-hydrogen) atoms. The monoisotopic (exact) mass is 422 g/mol. The van der Waals surface area contributed by atoms with Gasteiger partial charge in [0.15, 0.2) is 0 Å². The van der Waals surface area contributed by atoms with Gasteiger partial charge in [-0.3, -0.25) is 9.59 Å². The zero-order valence-corrected chi connectivity index (χ0v) is 16.7. The molecule has 2 N–H and O–H groups in total. The molecule has 0 aliphatic carbocycles. The zero-order valence-electron chi connectivity index (χ0n) is 15.1. The topological polar surface area (TPSA) is 76.7 Å². The summed E-state index contributed by atoms with van der Waals surface area (Å²) in [6, 6.07) is 5.35. The van der Waals surface area contributed by atoms with Crippen molar-refractivity contribution < 1.29 is 19.1 Å². The third-order valence-electron chi connectivity index (χ3n) is 3.44. The van der Waals surface area contributed by atoms with Gasteiger partial charge in [-0.2, -0.15) is 0 Å². The first-order chi connectivity index (χ1) is 12.5. The average Bonchev–Trinajstić information content (AvgIpc) is 2.68. The highest BCUT2D eigenvalue weighted by molar-refractivity contribution is 9.09. The molecule has 7 heteroatoms. The summed E-state index contributed by atoms with van der Waals surface area (Å²) in [6.07, 6.45) is 4.69. The number of amides is 2. The average molecular weight is 423 g/mol. The highest BCUT2D eigenvalue weighted by Gasteiger charge is 2.16. The summed E-state index contributed by atoms with van der Waals surface area (Å²) in [5.74, 6) is 0.680. The van der Waals surface area contributed by atoms with Crippen LogP contribution in [0.4, 0.5) is 0 Å². The van der Waals surface area contributed by atoms with Crippen molar-refractivity contribution >= 4 is 27.7 Å². The molecule has 0 atom stereocenters. The van der Waals surface area contributed by atoms with E-state index in [9.17, 15) is 9.59 Å². The van der Waals surface area contributed by atoms with Crippen LogP contribution in [-0.2, 0) is 16.1 Å². The summed E-state index contributed by atoms with van der Waals surface area (Å²) in [5.41, 5.74) is 1.52. The summed E-state index contributed by atoms with van der Waals surface area (Å²) >= 11 is 3.08. The number of carbonyl (C=O) groups excluding carboxylic acids is 2. The molecule has 0 radical (unpaired) electrons. The first-order valence-electron chi connectivity index (χ1n) is 7.85. The molecule has 0 saturated carbocycles. The van der Waals surface area contributed by atoms with Crippen molar-refractivity contribution in [3.8, 4) is 11.5 Å². The van der Waals surface area contributed by atoms with Crippen molar-refractivity contribution in [3.63, 3.8) is 0 Å². The molecule has 0 aromatic heterocycles. The normalized spacial score (nSPS) is 11.5. The van der Waals surface area contributed by atoms with E-state index in [0.29, 0.717) is 22.8 Å². The van der Waals surface area contributed by atoms with E-state index in [0.717, 1.165) is 5.56 Å².